The molecule has 0 aliphatic carbocycles. The summed E-state index contributed by atoms with van der Waals surface area (Å²) in [5.74, 6) is -0.895. The summed E-state index contributed by atoms with van der Waals surface area (Å²) in [7, 11) is 0. The van der Waals surface area contributed by atoms with Gasteiger partial charge in [0.2, 0.25) is 0 Å². The van der Waals surface area contributed by atoms with E-state index in [2.05, 4.69) is 0 Å². The molecular weight excluding hydrogens is 160 g/mol. The maximum Gasteiger partial charge on any atom is 0.328 e. The molecule has 58 valence electrons. The summed E-state index contributed by atoms with van der Waals surface area (Å²) in [5.41, 5.74) is 1.77. The van der Waals surface area contributed by atoms with Crippen LogP contribution >= 0.6 is 11.3 Å². The molecule has 1 N–H and O–H groups in total. The van der Waals surface area contributed by atoms with Crippen LogP contribution in [0, 0.1) is 0 Å². The van der Waals surface area contributed by atoms with Crippen molar-refractivity contribution in [2.24, 2.45) is 0 Å². The first-order chi connectivity index (χ1) is 5.20. The lowest BCUT2D eigenvalue weighted by Crippen LogP contribution is -1.88. The predicted octanol–water partition coefficient (Wildman–Crippen LogP) is 2.24. The maximum absolute atomic E-state index is 10.2. The Morgan fingerprint density at radius 1 is 1.73 bits per heavy atom. The normalized spacial score (nSPS) is 11.5. The van der Waals surface area contributed by atoms with Crippen molar-refractivity contribution < 1.29 is 9.90 Å². The summed E-state index contributed by atoms with van der Waals surface area (Å²) < 4.78 is 0. The fourth-order valence-corrected chi connectivity index (χ4v) is 1.47. The van der Waals surface area contributed by atoms with Crippen molar-refractivity contribution in [2.45, 2.75) is 6.92 Å². The minimum absolute atomic E-state index is 0.791. The number of hydrogen-bond acceptors (Lipinski definition) is 2. The zero-order chi connectivity index (χ0) is 8.27. The van der Waals surface area contributed by atoms with Crippen molar-refractivity contribution in [2.75, 3.05) is 0 Å². The highest BCUT2D eigenvalue weighted by Gasteiger charge is 1.97. The maximum atomic E-state index is 10.2. The zero-order valence-corrected chi connectivity index (χ0v) is 6.89. The van der Waals surface area contributed by atoms with E-state index in [9.17, 15) is 4.79 Å². The van der Waals surface area contributed by atoms with Gasteiger partial charge in [0, 0.05) is 6.08 Å². The largest absolute Gasteiger partial charge is 0.478 e. The third-order valence-corrected chi connectivity index (χ3v) is 2.00. The van der Waals surface area contributed by atoms with E-state index >= 15 is 0 Å². The van der Waals surface area contributed by atoms with E-state index in [1.807, 2.05) is 16.8 Å². The van der Waals surface area contributed by atoms with E-state index in [0.717, 1.165) is 11.1 Å². The van der Waals surface area contributed by atoms with Gasteiger partial charge in [-0.3, -0.25) is 0 Å². The lowest BCUT2D eigenvalue weighted by atomic mass is 10.1. The zero-order valence-electron chi connectivity index (χ0n) is 6.07. The van der Waals surface area contributed by atoms with Gasteiger partial charge in [0.1, 0.15) is 0 Å². The second kappa shape index (κ2) is 3.34. The van der Waals surface area contributed by atoms with E-state index < -0.39 is 5.97 Å². The van der Waals surface area contributed by atoms with Crippen LogP contribution in [0.4, 0.5) is 0 Å². The molecule has 1 rings (SSSR count). The minimum atomic E-state index is -0.895. The van der Waals surface area contributed by atoms with Gasteiger partial charge in [-0.2, -0.15) is 11.3 Å². The number of carboxylic acids is 1. The summed E-state index contributed by atoms with van der Waals surface area (Å²) >= 11 is 1.56. The molecule has 0 fully saturated rings. The highest BCUT2D eigenvalue weighted by atomic mass is 32.1. The minimum Gasteiger partial charge on any atom is -0.478 e. The number of thiophene rings is 1. The molecule has 0 amide bonds. The Labute approximate surface area is 68.8 Å². The number of allylic oxidation sites excluding steroid dienone is 1. The molecule has 0 aromatic carbocycles. The van der Waals surface area contributed by atoms with Crippen LogP contribution in [0.15, 0.2) is 22.9 Å². The second-order valence-corrected chi connectivity index (χ2v) is 2.96. The molecule has 1 aromatic rings. The Morgan fingerprint density at radius 3 is 2.91 bits per heavy atom. The van der Waals surface area contributed by atoms with Gasteiger partial charge in [-0.05, 0) is 34.9 Å². The van der Waals surface area contributed by atoms with Gasteiger partial charge in [-0.1, -0.05) is 0 Å². The molecule has 1 aromatic heterocycles. The van der Waals surface area contributed by atoms with Gasteiger partial charge in [0.25, 0.3) is 0 Å². The first-order valence-electron chi connectivity index (χ1n) is 3.14. The fourth-order valence-electron chi connectivity index (χ4n) is 0.757. The molecule has 1 heterocycles. The molecular formula is C8H8O2S. The van der Waals surface area contributed by atoms with Gasteiger partial charge in [-0.15, -0.1) is 0 Å². The van der Waals surface area contributed by atoms with Crippen LogP contribution < -0.4 is 0 Å². The summed E-state index contributed by atoms with van der Waals surface area (Å²) in [4.78, 5) is 10.2. The average molecular weight is 168 g/mol. The molecule has 0 saturated carbocycles. The van der Waals surface area contributed by atoms with Gasteiger partial charge in [0.15, 0.2) is 0 Å². The molecule has 0 unspecified atom stereocenters. The molecule has 0 radical (unpaired) electrons. The molecule has 2 nitrogen and oxygen atoms in total. The van der Waals surface area contributed by atoms with Crippen LogP contribution in [0.3, 0.4) is 0 Å². The van der Waals surface area contributed by atoms with E-state index in [0.29, 0.717) is 0 Å². The molecule has 11 heavy (non-hydrogen) atoms. The number of carboxylic acid groups (broad SMARTS) is 1. The van der Waals surface area contributed by atoms with Gasteiger partial charge in [-0.25, -0.2) is 4.79 Å². The predicted molar refractivity (Wildman–Crippen MR) is 45.6 cm³/mol. The van der Waals surface area contributed by atoms with Gasteiger partial charge < -0.3 is 5.11 Å². The standard InChI is InChI=1S/C8H8O2S/c1-6(4-8(9)10)7-2-3-11-5-7/h2-5H,1H3,(H,9,10)/b6-4-. The summed E-state index contributed by atoms with van der Waals surface area (Å²) in [6, 6.07) is 1.90. The van der Waals surface area contributed by atoms with E-state index in [1.54, 1.807) is 18.3 Å². The Bertz CT molecular complexity index is 272. The van der Waals surface area contributed by atoms with Crippen LogP contribution in [0.25, 0.3) is 5.57 Å². The Kier molecular flexibility index (Phi) is 2.44. The molecule has 0 bridgehead atoms. The fraction of sp³-hybridized carbons (Fsp3) is 0.125. The average Bonchev–Trinajstić information content (AvgIpc) is 2.35. The summed E-state index contributed by atoms with van der Waals surface area (Å²) in [5, 5.41) is 12.3. The molecule has 0 saturated heterocycles. The SMILES string of the molecule is C/C(=C/C(=O)O)c1ccsc1. The topological polar surface area (TPSA) is 37.3 Å². The third-order valence-electron chi connectivity index (χ3n) is 1.32. The van der Waals surface area contributed by atoms with Crippen LogP contribution in [0.1, 0.15) is 12.5 Å². The van der Waals surface area contributed by atoms with E-state index in [1.165, 1.54) is 6.08 Å². The van der Waals surface area contributed by atoms with E-state index in [-0.39, 0.29) is 0 Å². The molecule has 3 heteroatoms. The Morgan fingerprint density at radius 2 is 2.45 bits per heavy atom. The molecule has 0 atom stereocenters. The summed E-state index contributed by atoms with van der Waals surface area (Å²) in [6.45, 7) is 1.79. The van der Waals surface area contributed by atoms with Crippen molar-refractivity contribution in [3.8, 4) is 0 Å². The smallest absolute Gasteiger partial charge is 0.328 e. The number of rotatable bonds is 2. The first-order valence-corrected chi connectivity index (χ1v) is 4.08. The number of hydrogen-bond donors (Lipinski definition) is 1. The highest BCUT2D eigenvalue weighted by Crippen LogP contribution is 2.16. The molecule has 0 aliphatic heterocycles. The number of aliphatic carboxylic acids is 1. The van der Waals surface area contributed by atoms with Crippen molar-refractivity contribution >= 4 is 22.9 Å². The van der Waals surface area contributed by atoms with E-state index in [4.69, 9.17) is 5.11 Å². The van der Waals surface area contributed by atoms with Crippen molar-refractivity contribution in [3.63, 3.8) is 0 Å². The second-order valence-electron chi connectivity index (χ2n) is 2.18. The van der Waals surface area contributed by atoms with Crippen LogP contribution in [-0.4, -0.2) is 11.1 Å². The first kappa shape index (κ1) is 8.01. The quantitative estimate of drug-likeness (QED) is 0.687. The third kappa shape index (κ3) is 2.20. The number of carbonyl (C=O) groups is 1. The van der Waals surface area contributed by atoms with Crippen molar-refractivity contribution in [3.05, 3.63) is 28.5 Å². The van der Waals surface area contributed by atoms with Gasteiger partial charge in [0.05, 0.1) is 0 Å². The highest BCUT2D eigenvalue weighted by molar-refractivity contribution is 7.08. The molecule has 0 spiro atoms. The van der Waals surface area contributed by atoms with Crippen LogP contribution in [0.5, 0.6) is 0 Å². The monoisotopic (exact) mass is 168 g/mol. The van der Waals surface area contributed by atoms with Crippen molar-refractivity contribution in [1.29, 1.82) is 0 Å². The summed E-state index contributed by atoms with van der Waals surface area (Å²) in [6.07, 6.45) is 1.21. The lowest BCUT2D eigenvalue weighted by molar-refractivity contribution is -0.131. The van der Waals surface area contributed by atoms with Crippen LogP contribution in [-0.2, 0) is 4.79 Å². The van der Waals surface area contributed by atoms with Crippen LogP contribution in [0.2, 0.25) is 0 Å². The Balaban J connectivity index is 2.86. The van der Waals surface area contributed by atoms with Crippen molar-refractivity contribution in [1.82, 2.24) is 0 Å². The van der Waals surface area contributed by atoms with Gasteiger partial charge >= 0.3 is 5.97 Å². The molecule has 0 aliphatic rings. The lowest BCUT2D eigenvalue weighted by Gasteiger charge is -1.92. The Hall–Kier alpha value is -1.09.